The number of nitrogens with zero attached hydrogens (tertiary/aromatic N) is 6. The summed E-state index contributed by atoms with van der Waals surface area (Å²) < 4.78 is 20.5. The van der Waals surface area contributed by atoms with Gasteiger partial charge in [0.25, 0.3) is 0 Å². The first-order valence-corrected chi connectivity index (χ1v) is 10.6. The topological polar surface area (TPSA) is 88.6 Å². The fourth-order valence-corrected chi connectivity index (χ4v) is 3.89. The Labute approximate surface area is 191 Å². The second kappa shape index (κ2) is 9.25. The molecule has 9 heteroatoms. The molecule has 0 fully saturated rings. The van der Waals surface area contributed by atoms with Crippen molar-refractivity contribution in [2.45, 2.75) is 13.2 Å². The molecule has 0 N–H and O–H groups in total. The van der Waals surface area contributed by atoms with Gasteiger partial charge in [0.2, 0.25) is 5.90 Å². The molecule has 0 amide bonds. The van der Waals surface area contributed by atoms with Crippen molar-refractivity contribution in [2.24, 2.45) is 4.99 Å². The normalized spacial score (nSPS) is 13.5. The number of imidazole rings is 1. The zero-order valence-corrected chi connectivity index (χ0v) is 18.5. The third-order valence-electron chi connectivity index (χ3n) is 5.43. The molecule has 0 spiro atoms. The lowest BCUT2D eigenvalue weighted by Crippen LogP contribution is -2.12. The van der Waals surface area contributed by atoms with E-state index < -0.39 is 0 Å². The fourth-order valence-electron chi connectivity index (χ4n) is 3.89. The molecular weight excluding hydrogens is 420 g/mol. The summed E-state index contributed by atoms with van der Waals surface area (Å²) in [5.74, 6) is 2.85. The third-order valence-corrected chi connectivity index (χ3v) is 5.43. The Morgan fingerprint density at radius 1 is 1.03 bits per heavy atom. The van der Waals surface area contributed by atoms with Crippen LogP contribution in [-0.2, 0) is 22.6 Å². The van der Waals surface area contributed by atoms with Crippen LogP contribution in [-0.4, -0.2) is 57.6 Å². The van der Waals surface area contributed by atoms with Crippen molar-refractivity contribution in [1.82, 2.24) is 24.3 Å². The summed E-state index contributed by atoms with van der Waals surface area (Å²) in [5, 5.41) is 8.75. The molecule has 9 nitrogen and oxygen atoms in total. The van der Waals surface area contributed by atoms with Crippen LogP contribution in [0.15, 0.2) is 65.9 Å². The average molecular weight is 444 g/mol. The van der Waals surface area contributed by atoms with E-state index in [1.54, 1.807) is 20.5 Å². The summed E-state index contributed by atoms with van der Waals surface area (Å²) in [6, 6.07) is 17.9. The SMILES string of the molecule is COCc1nnc2n1Cc1c(C3=NCCO3)ncn1-c1ccc(OC)cc1-2.c1ccccc1. The lowest BCUT2D eigenvalue weighted by Gasteiger charge is -2.10. The monoisotopic (exact) mass is 444 g/mol. The number of benzene rings is 2. The van der Waals surface area contributed by atoms with E-state index in [1.807, 2.05) is 59.2 Å². The molecule has 0 radical (unpaired) electrons. The molecular formula is C24H24N6O3. The molecule has 2 aromatic heterocycles. The van der Waals surface area contributed by atoms with Crippen molar-refractivity contribution in [3.8, 4) is 22.8 Å². The average Bonchev–Trinajstić information content (AvgIpc) is 3.60. The maximum absolute atomic E-state index is 5.66. The number of ether oxygens (including phenoxy) is 3. The molecule has 0 aliphatic carbocycles. The Balaban J connectivity index is 0.000000332. The summed E-state index contributed by atoms with van der Waals surface area (Å²) in [5.41, 5.74) is 3.59. The minimum atomic E-state index is 0.368. The smallest absolute Gasteiger partial charge is 0.237 e. The van der Waals surface area contributed by atoms with Crippen LogP contribution in [0.25, 0.3) is 17.1 Å². The van der Waals surface area contributed by atoms with E-state index in [0.29, 0.717) is 32.2 Å². The Hall–Kier alpha value is -3.98. The quantitative estimate of drug-likeness (QED) is 0.423. The van der Waals surface area contributed by atoms with E-state index in [9.17, 15) is 0 Å². The maximum Gasteiger partial charge on any atom is 0.237 e. The summed E-state index contributed by atoms with van der Waals surface area (Å²) >= 11 is 0. The lowest BCUT2D eigenvalue weighted by atomic mass is 10.1. The first kappa shape index (κ1) is 20.9. The highest BCUT2D eigenvalue weighted by Gasteiger charge is 2.28. The van der Waals surface area contributed by atoms with E-state index in [4.69, 9.17) is 14.2 Å². The largest absolute Gasteiger partial charge is 0.497 e. The molecule has 6 rings (SSSR count). The van der Waals surface area contributed by atoms with E-state index in [0.717, 1.165) is 40.0 Å². The van der Waals surface area contributed by atoms with Crippen molar-refractivity contribution in [2.75, 3.05) is 27.4 Å². The molecule has 4 heterocycles. The second-order valence-electron chi connectivity index (χ2n) is 7.44. The van der Waals surface area contributed by atoms with Gasteiger partial charge in [-0.3, -0.25) is 4.57 Å². The van der Waals surface area contributed by atoms with Crippen LogP contribution in [0.1, 0.15) is 17.2 Å². The van der Waals surface area contributed by atoms with E-state index in [-0.39, 0.29) is 0 Å². The molecule has 0 unspecified atom stereocenters. The van der Waals surface area contributed by atoms with Crippen molar-refractivity contribution in [3.63, 3.8) is 0 Å². The third kappa shape index (κ3) is 3.98. The summed E-state index contributed by atoms with van der Waals surface area (Å²) in [6.07, 6.45) is 1.80. The molecule has 0 saturated carbocycles. The number of methoxy groups -OCH3 is 2. The number of fused-ring (bicyclic) bond motifs is 5. The predicted molar refractivity (Wildman–Crippen MR) is 123 cm³/mol. The van der Waals surface area contributed by atoms with Crippen LogP contribution >= 0.6 is 0 Å². The van der Waals surface area contributed by atoms with Crippen molar-refractivity contribution in [1.29, 1.82) is 0 Å². The zero-order chi connectivity index (χ0) is 22.6. The number of rotatable bonds is 4. The van der Waals surface area contributed by atoms with Crippen LogP contribution in [0.4, 0.5) is 0 Å². The number of hydrogen-bond acceptors (Lipinski definition) is 7. The van der Waals surface area contributed by atoms with E-state index >= 15 is 0 Å². The predicted octanol–water partition coefficient (Wildman–Crippen LogP) is 3.11. The van der Waals surface area contributed by atoms with E-state index in [1.165, 1.54) is 0 Å². The van der Waals surface area contributed by atoms with Crippen LogP contribution in [0.2, 0.25) is 0 Å². The van der Waals surface area contributed by atoms with Gasteiger partial charge in [-0.2, -0.15) is 0 Å². The van der Waals surface area contributed by atoms with Crippen LogP contribution in [0, 0.1) is 0 Å². The first-order chi connectivity index (χ1) is 16.3. The molecule has 2 aliphatic rings. The molecule has 2 aromatic carbocycles. The Kier molecular flexibility index (Phi) is 5.86. The standard InChI is InChI=1S/C18H18N6O3.C6H6/c1-25-9-15-21-22-17-12-7-11(26-2)3-4-13(12)24-10-20-16(14(24)8-23(15)17)18-19-5-6-27-18;1-2-4-6-5-3-1/h3-4,7,10H,5-6,8-9H2,1-2H3;1-6H. The van der Waals surface area contributed by atoms with Crippen molar-refractivity contribution < 1.29 is 14.2 Å². The Morgan fingerprint density at radius 3 is 2.48 bits per heavy atom. The van der Waals surface area contributed by atoms with Crippen LogP contribution in [0.5, 0.6) is 5.75 Å². The van der Waals surface area contributed by atoms with Crippen molar-refractivity contribution >= 4 is 5.90 Å². The van der Waals surface area contributed by atoms with Gasteiger partial charge in [-0.15, -0.1) is 10.2 Å². The number of aliphatic imine (C=N–C) groups is 1. The molecule has 0 atom stereocenters. The van der Waals surface area contributed by atoms with Crippen LogP contribution in [0.3, 0.4) is 0 Å². The first-order valence-electron chi connectivity index (χ1n) is 10.6. The summed E-state index contributed by atoms with van der Waals surface area (Å²) in [6.45, 7) is 2.15. The minimum absolute atomic E-state index is 0.368. The number of hydrogen-bond donors (Lipinski definition) is 0. The highest BCUT2D eigenvalue weighted by molar-refractivity contribution is 5.94. The Morgan fingerprint density at radius 2 is 1.82 bits per heavy atom. The van der Waals surface area contributed by atoms with Crippen LogP contribution < -0.4 is 4.74 Å². The lowest BCUT2D eigenvalue weighted by molar-refractivity contribution is 0.174. The molecule has 168 valence electrons. The molecule has 4 aromatic rings. The molecule has 33 heavy (non-hydrogen) atoms. The number of aromatic nitrogens is 5. The minimum Gasteiger partial charge on any atom is -0.497 e. The summed E-state index contributed by atoms with van der Waals surface area (Å²) in [7, 11) is 3.29. The van der Waals surface area contributed by atoms with Gasteiger partial charge in [0.05, 0.1) is 31.6 Å². The molecule has 0 saturated heterocycles. The van der Waals surface area contributed by atoms with Gasteiger partial charge in [-0.25, -0.2) is 9.98 Å². The summed E-state index contributed by atoms with van der Waals surface area (Å²) in [4.78, 5) is 9.02. The maximum atomic E-state index is 5.66. The highest BCUT2D eigenvalue weighted by atomic mass is 16.5. The molecule has 2 aliphatic heterocycles. The Bertz CT molecular complexity index is 1250. The molecule has 0 bridgehead atoms. The zero-order valence-electron chi connectivity index (χ0n) is 18.5. The van der Waals surface area contributed by atoms with Crippen molar-refractivity contribution in [3.05, 3.63) is 78.1 Å². The van der Waals surface area contributed by atoms with Gasteiger partial charge in [-0.1, -0.05) is 36.4 Å². The van der Waals surface area contributed by atoms with Gasteiger partial charge >= 0.3 is 0 Å². The van der Waals surface area contributed by atoms with E-state index in [2.05, 4.69) is 24.7 Å². The van der Waals surface area contributed by atoms with Gasteiger partial charge in [0.1, 0.15) is 31.0 Å². The van der Waals surface area contributed by atoms with Gasteiger partial charge in [0.15, 0.2) is 11.6 Å². The fraction of sp³-hybridized carbons (Fsp3) is 0.250. The highest BCUT2D eigenvalue weighted by Crippen LogP contribution is 2.35. The van der Waals surface area contributed by atoms with Gasteiger partial charge < -0.3 is 18.8 Å². The van der Waals surface area contributed by atoms with Gasteiger partial charge in [0, 0.05) is 12.7 Å². The second-order valence-corrected chi connectivity index (χ2v) is 7.44. The van der Waals surface area contributed by atoms with Gasteiger partial charge in [-0.05, 0) is 18.2 Å².